The van der Waals surface area contributed by atoms with Crippen LogP contribution in [0.25, 0.3) is 0 Å². The van der Waals surface area contributed by atoms with Gasteiger partial charge in [-0.2, -0.15) is 4.31 Å². The number of ether oxygens (including phenoxy) is 1. The fourth-order valence-electron chi connectivity index (χ4n) is 1.49. The molecular formula is C5H13O14P3. The van der Waals surface area contributed by atoms with Crippen molar-refractivity contribution in [3.8, 4) is 0 Å². The first-order valence-corrected chi connectivity index (χ1v) is 9.76. The van der Waals surface area contributed by atoms with E-state index in [4.69, 9.17) is 29.6 Å². The minimum atomic E-state index is -5.44. The van der Waals surface area contributed by atoms with Gasteiger partial charge >= 0.3 is 23.5 Å². The molecule has 0 aromatic carbocycles. The number of rotatable bonds is 7. The van der Waals surface area contributed by atoms with Crippen LogP contribution in [0, 0.1) is 0 Å². The molecule has 1 aliphatic heterocycles. The van der Waals surface area contributed by atoms with E-state index in [2.05, 4.69) is 18.1 Å². The van der Waals surface area contributed by atoms with Gasteiger partial charge in [-0.25, -0.2) is 13.7 Å². The van der Waals surface area contributed by atoms with E-state index in [1.807, 2.05) is 0 Å². The average Bonchev–Trinajstić information content (AvgIpc) is 2.51. The second-order valence-electron chi connectivity index (χ2n) is 3.92. The topological polar surface area (TPSA) is 230 Å². The van der Waals surface area contributed by atoms with Crippen LogP contribution in [-0.4, -0.2) is 65.9 Å². The molecule has 0 aromatic rings. The summed E-state index contributed by atoms with van der Waals surface area (Å²) in [5, 5.41) is 18.5. The maximum absolute atomic E-state index is 11.3. The summed E-state index contributed by atoms with van der Waals surface area (Å²) in [7, 11) is -16.1. The standard InChI is InChI=1S/C5H13O14P3/c6-1-2-3(7)4(17-20(8,9)10)5(16-2)18-22(14,15)19-21(11,12)13/h2-7H,1H2,(H,14,15)(H2,8,9,10)(H2,11,12,13). The Morgan fingerprint density at radius 2 is 1.50 bits per heavy atom. The molecule has 132 valence electrons. The van der Waals surface area contributed by atoms with Gasteiger partial charge in [0.1, 0.15) is 18.3 Å². The Bertz CT molecular complexity index is 521. The number of phosphoric ester groups is 2. The van der Waals surface area contributed by atoms with Gasteiger partial charge in [-0.15, -0.1) is 0 Å². The molecule has 17 heteroatoms. The van der Waals surface area contributed by atoms with E-state index in [1.165, 1.54) is 0 Å². The lowest BCUT2D eigenvalue weighted by Crippen LogP contribution is -2.36. The number of aliphatic hydroxyl groups excluding tert-OH is 2. The molecule has 0 saturated carbocycles. The summed E-state index contributed by atoms with van der Waals surface area (Å²) in [6, 6.07) is 0. The monoisotopic (exact) mass is 390 g/mol. The normalized spacial score (nSPS) is 32.9. The Morgan fingerprint density at radius 1 is 0.955 bits per heavy atom. The molecule has 14 nitrogen and oxygen atoms in total. The highest BCUT2D eigenvalue weighted by Gasteiger charge is 2.51. The molecule has 7 N–H and O–H groups in total. The molecule has 0 radical (unpaired) electrons. The maximum Gasteiger partial charge on any atom is 0.483 e. The van der Waals surface area contributed by atoms with Gasteiger partial charge in [0, 0.05) is 0 Å². The minimum Gasteiger partial charge on any atom is -0.394 e. The van der Waals surface area contributed by atoms with E-state index in [0.29, 0.717) is 0 Å². The highest BCUT2D eigenvalue weighted by molar-refractivity contribution is 7.60. The van der Waals surface area contributed by atoms with Gasteiger partial charge in [-0.3, -0.25) is 9.05 Å². The van der Waals surface area contributed by atoms with Crippen LogP contribution in [0.3, 0.4) is 0 Å². The Balaban J connectivity index is 2.92. The molecule has 0 aromatic heterocycles. The fraction of sp³-hybridized carbons (Fsp3) is 1.00. The van der Waals surface area contributed by atoms with Crippen molar-refractivity contribution in [3.05, 3.63) is 0 Å². The molecule has 1 fully saturated rings. The van der Waals surface area contributed by atoms with Crippen molar-refractivity contribution in [2.45, 2.75) is 24.6 Å². The molecule has 1 rings (SSSR count). The van der Waals surface area contributed by atoms with Crippen molar-refractivity contribution in [1.82, 2.24) is 0 Å². The summed E-state index contributed by atoms with van der Waals surface area (Å²) >= 11 is 0. The van der Waals surface area contributed by atoms with Gasteiger partial charge in [0.05, 0.1) is 6.61 Å². The van der Waals surface area contributed by atoms with E-state index in [0.717, 1.165) is 0 Å². The lowest BCUT2D eigenvalue weighted by Gasteiger charge is -2.22. The second kappa shape index (κ2) is 7.01. The lowest BCUT2D eigenvalue weighted by atomic mass is 10.1. The van der Waals surface area contributed by atoms with E-state index < -0.39 is 54.7 Å². The SMILES string of the molecule is O=P(O)(O)OC1C(OP(=O)(O)OP(=O)(O)O)OC(CO)C1O. The third kappa shape index (κ3) is 6.40. The molecule has 22 heavy (non-hydrogen) atoms. The molecule has 1 heterocycles. The van der Waals surface area contributed by atoms with Crippen molar-refractivity contribution in [2.75, 3.05) is 6.61 Å². The van der Waals surface area contributed by atoms with Crippen molar-refractivity contribution in [2.24, 2.45) is 0 Å². The first-order valence-electron chi connectivity index (χ1n) is 5.20. The van der Waals surface area contributed by atoms with E-state index in [-0.39, 0.29) is 0 Å². The van der Waals surface area contributed by atoms with E-state index >= 15 is 0 Å². The molecule has 1 saturated heterocycles. The molecule has 0 bridgehead atoms. The summed E-state index contributed by atoms with van der Waals surface area (Å²) in [5.74, 6) is 0. The number of hydrogen-bond acceptors (Lipinski definition) is 9. The number of hydrogen-bond donors (Lipinski definition) is 7. The highest BCUT2D eigenvalue weighted by Crippen LogP contribution is 2.59. The Hall–Kier alpha value is 0.250. The average molecular weight is 390 g/mol. The molecule has 1 aliphatic rings. The Kier molecular flexibility index (Phi) is 6.47. The Labute approximate surface area is 122 Å². The van der Waals surface area contributed by atoms with Crippen LogP contribution in [-0.2, 0) is 31.8 Å². The first-order chi connectivity index (χ1) is 9.74. The van der Waals surface area contributed by atoms with Crippen LogP contribution in [0.5, 0.6) is 0 Å². The zero-order valence-corrected chi connectivity index (χ0v) is 13.0. The summed E-state index contributed by atoms with van der Waals surface area (Å²) in [5.41, 5.74) is 0. The maximum atomic E-state index is 11.3. The van der Waals surface area contributed by atoms with Gasteiger partial charge in [0.2, 0.25) is 0 Å². The van der Waals surface area contributed by atoms with Crippen LogP contribution in [0.4, 0.5) is 0 Å². The van der Waals surface area contributed by atoms with Gasteiger partial charge in [0.25, 0.3) is 0 Å². The van der Waals surface area contributed by atoms with E-state index in [1.54, 1.807) is 0 Å². The zero-order valence-electron chi connectivity index (χ0n) is 10.3. The molecular weight excluding hydrogens is 377 g/mol. The largest absolute Gasteiger partial charge is 0.483 e. The lowest BCUT2D eigenvalue weighted by molar-refractivity contribution is -0.123. The molecule has 0 aliphatic carbocycles. The van der Waals surface area contributed by atoms with Crippen molar-refractivity contribution >= 4 is 23.5 Å². The van der Waals surface area contributed by atoms with Crippen LogP contribution in [0.2, 0.25) is 0 Å². The minimum absolute atomic E-state index is 0.878. The van der Waals surface area contributed by atoms with Gasteiger partial charge in [0.15, 0.2) is 6.29 Å². The quantitative estimate of drug-likeness (QED) is 0.228. The first kappa shape index (κ1) is 20.3. The van der Waals surface area contributed by atoms with Gasteiger partial charge < -0.3 is 39.4 Å². The van der Waals surface area contributed by atoms with Crippen LogP contribution < -0.4 is 0 Å². The zero-order chi connectivity index (χ0) is 17.3. The summed E-state index contributed by atoms with van der Waals surface area (Å²) in [6.45, 7) is -0.878. The summed E-state index contributed by atoms with van der Waals surface area (Å²) < 4.78 is 49.0. The van der Waals surface area contributed by atoms with Crippen molar-refractivity contribution in [3.63, 3.8) is 0 Å². The summed E-state index contributed by atoms with van der Waals surface area (Å²) in [6.07, 6.45) is -7.59. The van der Waals surface area contributed by atoms with Crippen LogP contribution in [0.1, 0.15) is 0 Å². The third-order valence-corrected chi connectivity index (χ3v) is 4.85. The molecule has 5 atom stereocenters. The van der Waals surface area contributed by atoms with Gasteiger partial charge in [-0.1, -0.05) is 0 Å². The second-order valence-corrected chi connectivity index (χ2v) is 7.90. The predicted octanol–water partition coefficient (Wildman–Crippen LogP) is -2.23. The van der Waals surface area contributed by atoms with Crippen LogP contribution in [0.15, 0.2) is 0 Å². The van der Waals surface area contributed by atoms with Gasteiger partial charge in [-0.05, 0) is 0 Å². The number of aliphatic hydroxyl groups is 2. The summed E-state index contributed by atoms with van der Waals surface area (Å²) in [4.78, 5) is 43.3. The molecule has 5 unspecified atom stereocenters. The highest BCUT2D eigenvalue weighted by atomic mass is 31.3. The Morgan fingerprint density at radius 3 is 1.91 bits per heavy atom. The van der Waals surface area contributed by atoms with Crippen molar-refractivity contribution < 1.29 is 66.5 Å². The van der Waals surface area contributed by atoms with Crippen molar-refractivity contribution in [1.29, 1.82) is 0 Å². The van der Waals surface area contributed by atoms with Crippen LogP contribution >= 0.6 is 23.5 Å². The smallest absolute Gasteiger partial charge is 0.394 e. The molecule has 0 amide bonds. The third-order valence-electron chi connectivity index (χ3n) is 2.18. The fourth-order valence-corrected chi connectivity index (χ4v) is 3.70. The number of phosphoric acid groups is 3. The predicted molar refractivity (Wildman–Crippen MR) is 62.7 cm³/mol. The molecule has 0 spiro atoms. The van der Waals surface area contributed by atoms with E-state index in [9.17, 15) is 18.8 Å².